The smallest absolute Gasteiger partial charge is 0.0794 e. The van der Waals surface area contributed by atoms with E-state index in [4.69, 9.17) is 0 Å². The minimum atomic E-state index is -0.574. The van der Waals surface area contributed by atoms with Gasteiger partial charge in [0.1, 0.15) is 0 Å². The molecule has 1 heterocycles. The predicted molar refractivity (Wildman–Crippen MR) is 88.2 cm³/mol. The predicted octanol–water partition coefficient (Wildman–Crippen LogP) is 3.30. The van der Waals surface area contributed by atoms with Crippen LogP contribution in [0.5, 0.6) is 0 Å². The molecule has 0 radical (unpaired) electrons. The van der Waals surface area contributed by atoms with Gasteiger partial charge in [-0.2, -0.15) is 0 Å². The van der Waals surface area contributed by atoms with E-state index in [0.29, 0.717) is 12.6 Å². The zero-order chi connectivity index (χ0) is 14.8. The molecule has 1 aliphatic rings. The number of nitrogens with zero attached hydrogens (tertiary/aromatic N) is 1. The van der Waals surface area contributed by atoms with Crippen molar-refractivity contribution in [2.45, 2.75) is 51.8 Å². The van der Waals surface area contributed by atoms with Gasteiger partial charge in [-0.05, 0) is 53.4 Å². The first kappa shape index (κ1) is 15.8. The molecule has 1 saturated heterocycles. The molecule has 0 amide bonds. The van der Waals surface area contributed by atoms with Crippen LogP contribution in [0.25, 0.3) is 0 Å². The second kappa shape index (κ2) is 6.46. The van der Waals surface area contributed by atoms with Crippen molar-refractivity contribution in [2.75, 3.05) is 18.0 Å². The molecule has 20 heavy (non-hydrogen) atoms. The SMILES string of the molecule is CC(C)NCc1ccc(N2CCCC(C)(O)C2)c(Br)c1. The summed E-state index contributed by atoms with van der Waals surface area (Å²) in [5.41, 5.74) is 1.88. The van der Waals surface area contributed by atoms with Crippen molar-refractivity contribution in [2.24, 2.45) is 0 Å². The van der Waals surface area contributed by atoms with Gasteiger partial charge in [0.25, 0.3) is 0 Å². The Morgan fingerprint density at radius 2 is 2.20 bits per heavy atom. The molecule has 1 fully saturated rings. The molecular weight excluding hydrogens is 316 g/mol. The largest absolute Gasteiger partial charge is 0.388 e. The van der Waals surface area contributed by atoms with Gasteiger partial charge in [0.05, 0.1) is 11.3 Å². The van der Waals surface area contributed by atoms with Gasteiger partial charge in [-0.3, -0.25) is 0 Å². The molecule has 3 nitrogen and oxygen atoms in total. The van der Waals surface area contributed by atoms with E-state index in [0.717, 1.165) is 30.4 Å². The third-order valence-corrected chi connectivity index (χ3v) is 4.38. The number of anilines is 1. The van der Waals surface area contributed by atoms with E-state index in [-0.39, 0.29) is 0 Å². The quantitative estimate of drug-likeness (QED) is 0.882. The molecule has 4 heteroatoms. The number of halogens is 1. The van der Waals surface area contributed by atoms with Crippen LogP contribution in [0.4, 0.5) is 5.69 Å². The first-order chi connectivity index (χ1) is 9.37. The van der Waals surface area contributed by atoms with E-state index in [9.17, 15) is 5.11 Å². The molecule has 1 unspecified atom stereocenters. The number of nitrogens with one attached hydrogen (secondary N) is 1. The van der Waals surface area contributed by atoms with Crippen LogP contribution in [-0.4, -0.2) is 29.8 Å². The Hall–Kier alpha value is -0.580. The van der Waals surface area contributed by atoms with Gasteiger partial charge in [-0.15, -0.1) is 0 Å². The Labute approximate surface area is 130 Å². The number of aliphatic hydroxyl groups is 1. The minimum Gasteiger partial charge on any atom is -0.388 e. The molecule has 2 N–H and O–H groups in total. The van der Waals surface area contributed by atoms with Crippen LogP contribution in [0.3, 0.4) is 0 Å². The van der Waals surface area contributed by atoms with Gasteiger partial charge >= 0.3 is 0 Å². The molecule has 1 aliphatic heterocycles. The lowest BCUT2D eigenvalue weighted by atomic mass is 9.94. The minimum absolute atomic E-state index is 0.491. The maximum Gasteiger partial charge on any atom is 0.0794 e. The highest BCUT2D eigenvalue weighted by Gasteiger charge is 2.29. The Balaban J connectivity index is 2.09. The van der Waals surface area contributed by atoms with Crippen molar-refractivity contribution in [3.63, 3.8) is 0 Å². The number of benzene rings is 1. The molecule has 112 valence electrons. The van der Waals surface area contributed by atoms with Gasteiger partial charge in [0, 0.05) is 30.1 Å². The number of hydrogen-bond donors (Lipinski definition) is 2. The van der Waals surface area contributed by atoms with Crippen molar-refractivity contribution >= 4 is 21.6 Å². The van der Waals surface area contributed by atoms with Gasteiger partial charge in [0.15, 0.2) is 0 Å². The number of rotatable bonds is 4. The maximum atomic E-state index is 10.2. The molecule has 0 bridgehead atoms. The summed E-state index contributed by atoms with van der Waals surface area (Å²) in [5, 5.41) is 13.7. The monoisotopic (exact) mass is 340 g/mol. The summed E-state index contributed by atoms with van der Waals surface area (Å²) in [4.78, 5) is 2.27. The summed E-state index contributed by atoms with van der Waals surface area (Å²) < 4.78 is 1.11. The number of β-amino-alcohol motifs (C(OH)–C–C–N with tert-alkyl or cyclic N) is 1. The van der Waals surface area contributed by atoms with Gasteiger partial charge in [-0.25, -0.2) is 0 Å². The number of piperidine rings is 1. The molecule has 1 aromatic rings. The van der Waals surface area contributed by atoms with Crippen LogP contribution < -0.4 is 10.2 Å². The van der Waals surface area contributed by atoms with Gasteiger partial charge < -0.3 is 15.3 Å². The molecule has 0 aliphatic carbocycles. The van der Waals surface area contributed by atoms with Gasteiger partial charge in [-0.1, -0.05) is 19.9 Å². The Morgan fingerprint density at radius 3 is 2.80 bits per heavy atom. The lowest BCUT2D eigenvalue weighted by Gasteiger charge is -2.38. The lowest BCUT2D eigenvalue weighted by Crippen LogP contribution is -2.46. The van der Waals surface area contributed by atoms with Crippen molar-refractivity contribution in [1.82, 2.24) is 5.32 Å². The molecule has 1 aromatic carbocycles. The van der Waals surface area contributed by atoms with E-state index in [1.165, 1.54) is 11.3 Å². The Morgan fingerprint density at radius 1 is 1.45 bits per heavy atom. The summed E-state index contributed by atoms with van der Waals surface area (Å²) in [6, 6.07) is 6.99. The highest BCUT2D eigenvalue weighted by atomic mass is 79.9. The molecule has 0 saturated carbocycles. The Bertz CT molecular complexity index is 460. The standard InChI is InChI=1S/C16H25BrN2O/c1-12(2)18-10-13-5-6-15(14(17)9-13)19-8-4-7-16(3,20)11-19/h5-6,9,12,18,20H,4,7-8,10-11H2,1-3H3. The van der Waals surface area contributed by atoms with Crippen LogP contribution in [-0.2, 0) is 6.54 Å². The van der Waals surface area contributed by atoms with E-state index >= 15 is 0 Å². The highest BCUT2D eigenvalue weighted by Crippen LogP contribution is 2.32. The van der Waals surface area contributed by atoms with Crippen LogP contribution >= 0.6 is 15.9 Å². The van der Waals surface area contributed by atoms with E-state index in [1.54, 1.807) is 0 Å². The first-order valence-corrected chi connectivity index (χ1v) is 8.16. The van der Waals surface area contributed by atoms with E-state index in [1.807, 2.05) is 6.92 Å². The summed E-state index contributed by atoms with van der Waals surface area (Å²) in [5.74, 6) is 0. The highest BCUT2D eigenvalue weighted by molar-refractivity contribution is 9.10. The summed E-state index contributed by atoms with van der Waals surface area (Å²) in [6.45, 7) is 8.83. The third kappa shape index (κ3) is 4.21. The second-order valence-electron chi connectivity index (χ2n) is 6.34. The third-order valence-electron chi connectivity index (χ3n) is 3.74. The maximum absolute atomic E-state index is 10.2. The average Bonchev–Trinajstić information content (AvgIpc) is 2.35. The zero-order valence-corrected chi connectivity index (χ0v) is 14.2. The lowest BCUT2D eigenvalue weighted by molar-refractivity contribution is 0.0449. The van der Waals surface area contributed by atoms with Crippen LogP contribution in [0.1, 0.15) is 39.2 Å². The first-order valence-electron chi connectivity index (χ1n) is 7.36. The summed E-state index contributed by atoms with van der Waals surface area (Å²) in [6.07, 6.45) is 1.92. The fraction of sp³-hybridized carbons (Fsp3) is 0.625. The fourth-order valence-corrected chi connectivity index (χ4v) is 3.34. The van der Waals surface area contributed by atoms with Crippen molar-refractivity contribution < 1.29 is 5.11 Å². The Kier molecular flexibility index (Phi) is 5.10. The molecular formula is C16H25BrN2O. The van der Waals surface area contributed by atoms with E-state index < -0.39 is 5.60 Å². The van der Waals surface area contributed by atoms with Crippen LogP contribution in [0.15, 0.2) is 22.7 Å². The van der Waals surface area contributed by atoms with Crippen molar-refractivity contribution in [1.29, 1.82) is 0 Å². The summed E-state index contributed by atoms with van der Waals surface area (Å²) in [7, 11) is 0. The summed E-state index contributed by atoms with van der Waals surface area (Å²) >= 11 is 3.68. The van der Waals surface area contributed by atoms with E-state index in [2.05, 4.69) is 58.2 Å². The van der Waals surface area contributed by atoms with Crippen molar-refractivity contribution in [3.05, 3.63) is 28.2 Å². The number of hydrogen-bond acceptors (Lipinski definition) is 3. The molecule has 1 atom stereocenters. The van der Waals surface area contributed by atoms with Crippen LogP contribution in [0, 0.1) is 0 Å². The molecule has 0 aromatic heterocycles. The normalized spacial score (nSPS) is 23.4. The topological polar surface area (TPSA) is 35.5 Å². The van der Waals surface area contributed by atoms with Crippen LogP contribution in [0.2, 0.25) is 0 Å². The average molecular weight is 341 g/mol. The molecule has 0 spiro atoms. The zero-order valence-electron chi connectivity index (χ0n) is 12.6. The molecule has 2 rings (SSSR count). The van der Waals surface area contributed by atoms with Crippen molar-refractivity contribution in [3.8, 4) is 0 Å². The fourth-order valence-electron chi connectivity index (χ4n) is 2.66. The second-order valence-corrected chi connectivity index (χ2v) is 7.20. The van der Waals surface area contributed by atoms with Gasteiger partial charge in [0.2, 0.25) is 0 Å².